The number of fused-ring (bicyclic) bond motifs is 1. The lowest BCUT2D eigenvalue weighted by atomic mass is 10.1. The average Bonchev–Trinajstić information content (AvgIpc) is 2.76. The molecule has 0 saturated heterocycles. The van der Waals surface area contributed by atoms with Crippen LogP contribution in [-0.4, -0.2) is 13.2 Å². The first-order valence-electron chi connectivity index (χ1n) is 9.75. The summed E-state index contributed by atoms with van der Waals surface area (Å²) in [5.41, 5.74) is 2.55. The molecule has 0 aliphatic rings. The van der Waals surface area contributed by atoms with E-state index in [1.807, 2.05) is 30.3 Å². The zero-order chi connectivity index (χ0) is 19.0. The molecule has 0 fully saturated rings. The van der Waals surface area contributed by atoms with Gasteiger partial charge in [-0.2, -0.15) is 0 Å². The molecule has 0 atom stereocenters. The largest absolute Gasteiger partial charge is 0.489 e. The van der Waals surface area contributed by atoms with Gasteiger partial charge in [-0.05, 0) is 22.6 Å². The molecule has 0 spiro atoms. The minimum Gasteiger partial charge on any atom is -0.489 e. The smallest absolute Gasteiger partial charge is 0.168 e. The highest BCUT2D eigenvalue weighted by atomic mass is 16.5. The second kappa shape index (κ2) is 9.09. The van der Waals surface area contributed by atoms with Gasteiger partial charge in [0.15, 0.2) is 11.5 Å². The van der Waals surface area contributed by atoms with Crippen molar-refractivity contribution in [2.75, 3.05) is 13.2 Å². The maximum atomic E-state index is 6.23. The summed E-state index contributed by atoms with van der Waals surface area (Å²) in [5, 5.41) is 2.25. The Morgan fingerprint density at radius 1 is 0.500 bits per heavy atom. The van der Waals surface area contributed by atoms with Crippen LogP contribution in [-0.2, 0) is 12.8 Å². The van der Waals surface area contributed by atoms with E-state index in [0.717, 1.165) is 35.1 Å². The van der Waals surface area contributed by atoms with E-state index in [0.29, 0.717) is 13.2 Å². The second-order valence-electron chi connectivity index (χ2n) is 6.78. The molecule has 0 heterocycles. The second-order valence-corrected chi connectivity index (χ2v) is 6.78. The van der Waals surface area contributed by atoms with Gasteiger partial charge in [-0.15, -0.1) is 0 Å². The van der Waals surface area contributed by atoms with Crippen LogP contribution in [0.4, 0.5) is 0 Å². The van der Waals surface area contributed by atoms with Crippen LogP contribution in [0.3, 0.4) is 0 Å². The van der Waals surface area contributed by atoms with Crippen molar-refractivity contribution in [1.29, 1.82) is 0 Å². The van der Waals surface area contributed by atoms with E-state index in [2.05, 4.69) is 66.7 Å². The Morgan fingerprint density at radius 2 is 1.07 bits per heavy atom. The fourth-order valence-electron chi connectivity index (χ4n) is 3.32. The molecule has 4 aromatic rings. The Morgan fingerprint density at radius 3 is 1.75 bits per heavy atom. The zero-order valence-corrected chi connectivity index (χ0v) is 15.9. The summed E-state index contributed by atoms with van der Waals surface area (Å²) in [7, 11) is 0. The average molecular weight is 368 g/mol. The van der Waals surface area contributed by atoms with Crippen molar-refractivity contribution in [2.24, 2.45) is 0 Å². The lowest BCUT2D eigenvalue weighted by molar-refractivity contribution is 0.275. The number of hydrogen-bond donors (Lipinski definition) is 0. The maximum absolute atomic E-state index is 6.23. The zero-order valence-electron chi connectivity index (χ0n) is 15.9. The molecule has 4 aromatic carbocycles. The van der Waals surface area contributed by atoms with Crippen LogP contribution in [0.25, 0.3) is 10.8 Å². The molecule has 0 bridgehead atoms. The highest BCUT2D eigenvalue weighted by Gasteiger charge is 2.11. The molecule has 0 aliphatic carbocycles. The molecule has 0 saturated carbocycles. The standard InChI is InChI=1S/C26H24O2/c1-3-9-21(10-4-1)17-19-27-25-16-15-23-13-7-8-14-24(23)26(25)28-20-18-22-11-5-2-6-12-22/h1-16H,17-20H2. The molecule has 0 unspecified atom stereocenters. The van der Waals surface area contributed by atoms with Gasteiger partial charge in [0.2, 0.25) is 0 Å². The highest BCUT2D eigenvalue weighted by molar-refractivity contribution is 5.90. The molecular weight excluding hydrogens is 344 g/mol. The van der Waals surface area contributed by atoms with Crippen LogP contribution >= 0.6 is 0 Å². The van der Waals surface area contributed by atoms with Crippen LogP contribution in [0.2, 0.25) is 0 Å². The van der Waals surface area contributed by atoms with Crippen LogP contribution < -0.4 is 9.47 Å². The summed E-state index contributed by atoms with van der Waals surface area (Å²) >= 11 is 0. The van der Waals surface area contributed by atoms with Gasteiger partial charge in [0.1, 0.15) is 0 Å². The Balaban J connectivity index is 1.49. The quantitative estimate of drug-likeness (QED) is 0.375. The first kappa shape index (κ1) is 18.1. The first-order valence-corrected chi connectivity index (χ1v) is 9.75. The SMILES string of the molecule is c1ccc(CCOc2ccc3ccccc3c2OCCc2ccccc2)cc1. The van der Waals surface area contributed by atoms with Gasteiger partial charge in [-0.25, -0.2) is 0 Å². The maximum Gasteiger partial charge on any atom is 0.168 e. The monoisotopic (exact) mass is 368 g/mol. The van der Waals surface area contributed by atoms with Gasteiger partial charge in [-0.3, -0.25) is 0 Å². The highest BCUT2D eigenvalue weighted by Crippen LogP contribution is 2.36. The molecule has 4 rings (SSSR count). The molecule has 0 amide bonds. The Bertz CT molecular complexity index is 1010. The molecule has 28 heavy (non-hydrogen) atoms. The van der Waals surface area contributed by atoms with Crippen molar-refractivity contribution in [1.82, 2.24) is 0 Å². The van der Waals surface area contributed by atoms with Crippen molar-refractivity contribution in [3.63, 3.8) is 0 Å². The molecule has 0 radical (unpaired) electrons. The topological polar surface area (TPSA) is 18.5 Å². The summed E-state index contributed by atoms with van der Waals surface area (Å²) < 4.78 is 12.4. The Hall–Kier alpha value is -3.26. The summed E-state index contributed by atoms with van der Waals surface area (Å²) in [5.74, 6) is 1.64. The molecule has 2 heteroatoms. The number of ether oxygens (including phenoxy) is 2. The number of rotatable bonds is 8. The normalized spacial score (nSPS) is 10.7. The van der Waals surface area contributed by atoms with E-state index < -0.39 is 0 Å². The van der Waals surface area contributed by atoms with Crippen molar-refractivity contribution in [2.45, 2.75) is 12.8 Å². The summed E-state index contributed by atoms with van der Waals surface area (Å²) in [6.07, 6.45) is 1.74. The number of benzene rings is 4. The Kier molecular flexibility index (Phi) is 5.89. The van der Waals surface area contributed by atoms with Gasteiger partial charge < -0.3 is 9.47 Å². The summed E-state index contributed by atoms with van der Waals surface area (Å²) in [6.45, 7) is 1.24. The van der Waals surface area contributed by atoms with Crippen LogP contribution in [0, 0.1) is 0 Å². The molecule has 0 aliphatic heterocycles. The number of hydrogen-bond acceptors (Lipinski definition) is 2. The van der Waals surface area contributed by atoms with Crippen LogP contribution in [0.15, 0.2) is 97.1 Å². The predicted molar refractivity (Wildman–Crippen MR) is 115 cm³/mol. The van der Waals surface area contributed by atoms with Crippen LogP contribution in [0.1, 0.15) is 11.1 Å². The Labute approximate surface area is 166 Å². The fraction of sp³-hybridized carbons (Fsp3) is 0.154. The molecule has 140 valence electrons. The summed E-state index contributed by atoms with van der Waals surface area (Å²) in [6, 6.07) is 33.2. The van der Waals surface area contributed by atoms with Crippen molar-refractivity contribution < 1.29 is 9.47 Å². The first-order chi connectivity index (χ1) is 13.9. The predicted octanol–water partition coefficient (Wildman–Crippen LogP) is 6.08. The van der Waals surface area contributed by atoms with Gasteiger partial charge in [0.25, 0.3) is 0 Å². The van der Waals surface area contributed by atoms with E-state index >= 15 is 0 Å². The van der Waals surface area contributed by atoms with Gasteiger partial charge >= 0.3 is 0 Å². The van der Waals surface area contributed by atoms with Crippen molar-refractivity contribution in [3.05, 3.63) is 108 Å². The van der Waals surface area contributed by atoms with E-state index in [4.69, 9.17) is 9.47 Å². The van der Waals surface area contributed by atoms with Crippen molar-refractivity contribution >= 4 is 10.8 Å². The third-order valence-corrected chi connectivity index (χ3v) is 4.81. The lowest BCUT2D eigenvalue weighted by Gasteiger charge is -2.15. The van der Waals surface area contributed by atoms with Gasteiger partial charge in [-0.1, -0.05) is 91.0 Å². The molecule has 2 nitrogen and oxygen atoms in total. The van der Waals surface area contributed by atoms with E-state index in [9.17, 15) is 0 Å². The third-order valence-electron chi connectivity index (χ3n) is 4.81. The van der Waals surface area contributed by atoms with E-state index in [-0.39, 0.29) is 0 Å². The van der Waals surface area contributed by atoms with Gasteiger partial charge in [0, 0.05) is 18.2 Å². The minimum absolute atomic E-state index is 0.618. The van der Waals surface area contributed by atoms with Gasteiger partial charge in [0.05, 0.1) is 13.2 Å². The molecule has 0 aromatic heterocycles. The van der Waals surface area contributed by atoms with Crippen LogP contribution in [0.5, 0.6) is 11.5 Å². The summed E-state index contributed by atoms with van der Waals surface area (Å²) in [4.78, 5) is 0. The fourth-order valence-corrected chi connectivity index (χ4v) is 3.32. The van der Waals surface area contributed by atoms with Crippen molar-refractivity contribution in [3.8, 4) is 11.5 Å². The minimum atomic E-state index is 0.618. The van der Waals surface area contributed by atoms with E-state index in [1.54, 1.807) is 0 Å². The lowest BCUT2D eigenvalue weighted by Crippen LogP contribution is -2.06. The molecule has 0 N–H and O–H groups in total. The van der Waals surface area contributed by atoms with E-state index in [1.165, 1.54) is 11.1 Å². The third kappa shape index (κ3) is 4.52. The molecular formula is C26H24O2.